The number of ether oxygens (including phenoxy) is 1. The van der Waals surface area contributed by atoms with Crippen molar-refractivity contribution in [2.45, 2.75) is 98.8 Å². The van der Waals surface area contributed by atoms with Gasteiger partial charge in [0.25, 0.3) is 0 Å². The minimum absolute atomic E-state index is 0.0114. The molecule has 0 bridgehead atoms. The Morgan fingerprint density at radius 2 is 1.54 bits per heavy atom. The van der Waals surface area contributed by atoms with Crippen molar-refractivity contribution in [3.63, 3.8) is 0 Å². The van der Waals surface area contributed by atoms with Crippen LogP contribution in [0.5, 0.6) is 0 Å². The molecule has 0 atom stereocenters. The standard InChI is InChI=1S/C17H31NO2.2C2H6/c1-2-3-15-20-16(19)7-6-12-18-13-10-17(11-14-18)8-4-5-9-17;2*1-2/h2-15H2,1H3;2*1-2H3. The second kappa shape index (κ2) is 14.7. The molecule has 1 saturated carbocycles. The van der Waals surface area contributed by atoms with Gasteiger partial charge in [-0.1, -0.05) is 53.9 Å². The summed E-state index contributed by atoms with van der Waals surface area (Å²) in [4.78, 5) is 14.1. The van der Waals surface area contributed by atoms with Crippen molar-refractivity contribution in [1.82, 2.24) is 4.90 Å². The molecule has 1 heterocycles. The predicted molar refractivity (Wildman–Crippen MR) is 104 cm³/mol. The predicted octanol–water partition coefficient (Wildman–Crippen LogP) is 5.82. The molecule has 1 aliphatic carbocycles. The van der Waals surface area contributed by atoms with Crippen molar-refractivity contribution in [3.8, 4) is 0 Å². The van der Waals surface area contributed by atoms with Gasteiger partial charge in [-0.05, 0) is 63.6 Å². The lowest BCUT2D eigenvalue weighted by atomic mass is 9.77. The van der Waals surface area contributed by atoms with E-state index in [4.69, 9.17) is 4.74 Å². The molecule has 1 aliphatic heterocycles. The molecule has 0 aromatic rings. The Kier molecular flexibility index (Phi) is 14.4. The molecule has 1 saturated heterocycles. The van der Waals surface area contributed by atoms with Crippen LogP contribution in [0.1, 0.15) is 98.8 Å². The van der Waals surface area contributed by atoms with E-state index >= 15 is 0 Å². The van der Waals surface area contributed by atoms with E-state index in [9.17, 15) is 4.79 Å². The molecule has 0 unspecified atom stereocenters. The number of hydrogen-bond donors (Lipinski definition) is 0. The third-order valence-corrected chi connectivity index (χ3v) is 5.20. The summed E-state index contributed by atoms with van der Waals surface area (Å²) in [5.74, 6) is -0.0114. The summed E-state index contributed by atoms with van der Waals surface area (Å²) in [5.41, 5.74) is 0.704. The largest absolute Gasteiger partial charge is 0.466 e. The van der Waals surface area contributed by atoms with E-state index in [1.807, 2.05) is 27.7 Å². The van der Waals surface area contributed by atoms with Crippen molar-refractivity contribution in [2.24, 2.45) is 5.41 Å². The monoisotopic (exact) mass is 341 g/mol. The highest BCUT2D eigenvalue weighted by molar-refractivity contribution is 5.69. The molecular formula is C21H43NO2. The van der Waals surface area contributed by atoms with E-state index < -0.39 is 0 Å². The Morgan fingerprint density at radius 3 is 2.08 bits per heavy atom. The van der Waals surface area contributed by atoms with Crippen molar-refractivity contribution in [2.75, 3.05) is 26.2 Å². The number of hydrogen-bond acceptors (Lipinski definition) is 3. The van der Waals surface area contributed by atoms with E-state index in [0.29, 0.717) is 18.4 Å². The number of nitrogens with zero attached hydrogens (tertiary/aromatic N) is 1. The second-order valence-electron chi connectivity index (χ2n) is 6.73. The number of likely N-dealkylation sites (tertiary alicyclic amines) is 1. The van der Waals surface area contributed by atoms with Crippen LogP contribution in [-0.2, 0) is 9.53 Å². The highest BCUT2D eigenvalue weighted by Gasteiger charge is 2.36. The fraction of sp³-hybridized carbons (Fsp3) is 0.952. The first-order valence-electron chi connectivity index (χ1n) is 10.6. The molecule has 3 nitrogen and oxygen atoms in total. The summed E-state index contributed by atoms with van der Waals surface area (Å²) in [6.07, 6.45) is 12.2. The lowest BCUT2D eigenvalue weighted by Crippen LogP contribution is -2.39. The van der Waals surface area contributed by atoms with Gasteiger partial charge in [0.15, 0.2) is 0 Å². The third-order valence-electron chi connectivity index (χ3n) is 5.20. The molecule has 24 heavy (non-hydrogen) atoms. The molecule has 2 fully saturated rings. The van der Waals surface area contributed by atoms with Gasteiger partial charge in [-0.25, -0.2) is 0 Å². The van der Waals surface area contributed by atoms with Crippen LogP contribution in [0.4, 0.5) is 0 Å². The first-order valence-corrected chi connectivity index (χ1v) is 10.6. The lowest BCUT2D eigenvalue weighted by molar-refractivity contribution is -0.143. The van der Waals surface area contributed by atoms with Crippen molar-refractivity contribution in [1.29, 1.82) is 0 Å². The number of unbranched alkanes of at least 4 members (excludes halogenated alkanes) is 1. The number of carbonyl (C=O) groups is 1. The number of rotatable bonds is 7. The van der Waals surface area contributed by atoms with Gasteiger partial charge in [-0.3, -0.25) is 4.79 Å². The zero-order valence-electron chi connectivity index (χ0n) is 17.2. The molecule has 0 aromatic carbocycles. The first kappa shape index (κ1) is 23.4. The average molecular weight is 342 g/mol. The lowest BCUT2D eigenvalue weighted by Gasteiger charge is -2.39. The zero-order valence-corrected chi connectivity index (χ0v) is 17.2. The van der Waals surface area contributed by atoms with Crippen LogP contribution in [0.25, 0.3) is 0 Å². The quantitative estimate of drug-likeness (QED) is 0.432. The average Bonchev–Trinajstić information content (AvgIpc) is 3.09. The van der Waals surface area contributed by atoms with E-state index in [0.717, 1.165) is 25.8 Å². The van der Waals surface area contributed by atoms with Crippen LogP contribution in [0.15, 0.2) is 0 Å². The molecule has 2 aliphatic rings. The Hall–Kier alpha value is -0.570. The fourth-order valence-electron chi connectivity index (χ4n) is 3.73. The van der Waals surface area contributed by atoms with E-state index in [1.54, 1.807) is 0 Å². The summed E-state index contributed by atoms with van der Waals surface area (Å²) < 4.78 is 5.19. The maximum absolute atomic E-state index is 11.5. The summed E-state index contributed by atoms with van der Waals surface area (Å²) in [7, 11) is 0. The molecule has 1 spiro atoms. The van der Waals surface area contributed by atoms with Crippen LogP contribution >= 0.6 is 0 Å². The SMILES string of the molecule is CC.CC.CCCCOC(=O)CCCN1CCC2(CCCC2)CC1. The second-order valence-corrected chi connectivity index (χ2v) is 6.73. The Labute approximate surface area is 151 Å². The third kappa shape index (κ3) is 9.05. The van der Waals surface area contributed by atoms with E-state index in [-0.39, 0.29) is 5.97 Å². The summed E-state index contributed by atoms with van der Waals surface area (Å²) in [5, 5.41) is 0. The Bertz CT molecular complexity index is 288. The van der Waals surface area contributed by atoms with E-state index in [1.165, 1.54) is 51.6 Å². The van der Waals surface area contributed by atoms with Crippen molar-refractivity contribution < 1.29 is 9.53 Å². The maximum atomic E-state index is 11.5. The molecule has 0 N–H and O–H groups in total. The van der Waals surface area contributed by atoms with Gasteiger partial charge in [0.1, 0.15) is 0 Å². The van der Waals surface area contributed by atoms with Gasteiger partial charge in [0.05, 0.1) is 6.61 Å². The Balaban J connectivity index is 0.00000123. The highest BCUT2D eigenvalue weighted by atomic mass is 16.5. The number of piperidine rings is 1. The molecule has 0 radical (unpaired) electrons. The van der Waals surface area contributed by atoms with E-state index in [2.05, 4.69) is 11.8 Å². The zero-order chi connectivity index (χ0) is 18.3. The highest BCUT2D eigenvalue weighted by Crippen LogP contribution is 2.46. The van der Waals surface area contributed by atoms with Gasteiger partial charge in [-0.2, -0.15) is 0 Å². The molecule has 0 aromatic heterocycles. The summed E-state index contributed by atoms with van der Waals surface area (Å²) in [6, 6.07) is 0. The van der Waals surface area contributed by atoms with Gasteiger partial charge in [-0.15, -0.1) is 0 Å². The van der Waals surface area contributed by atoms with Crippen LogP contribution in [-0.4, -0.2) is 37.1 Å². The first-order chi connectivity index (χ1) is 11.7. The number of esters is 1. The minimum Gasteiger partial charge on any atom is -0.466 e. The smallest absolute Gasteiger partial charge is 0.305 e. The molecular weight excluding hydrogens is 298 g/mol. The van der Waals surface area contributed by atoms with Crippen LogP contribution in [0, 0.1) is 5.41 Å². The normalized spacial score (nSPS) is 19.0. The van der Waals surface area contributed by atoms with Gasteiger partial charge in [0.2, 0.25) is 0 Å². The minimum atomic E-state index is -0.0114. The molecule has 3 heteroatoms. The number of carbonyl (C=O) groups excluding carboxylic acids is 1. The van der Waals surface area contributed by atoms with Gasteiger partial charge < -0.3 is 9.64 Å². The van der Waals surface area contributed by atoms with Crippen LogP contribution < -0.4 is 0 Å². The fourth-order valence-corrected chi connectivity index (χ4v) is 3.73. The molecule has 2 rings (SSSR count). The Morgan fingerprint density at radius 1 is 0.958 bits per heavy atom. The van der Waals surface area contributed by atoms with Crippen molar-refractivity contribution in [3.05, 3.63) is 0 Å². The van der Waals surface area contributed by atoms with Gasteiger partial charge in [0, 0.05) is 6.42 Å². The van der Waals surface area contributed by atoms with Crippen molar-refractivity contribution >= 4 is 5.97 Å². The molecule has 0 amide bonds. The summed E-state index contributed by atoms with van der Waals surface area (Å²) in [6.45, 7) is 14.3. The topological polar surface area (TPSA) is 29.5 Å². The van der Waals surface area contributed by atoms with Crippen LogP contribution in [0.2, 0.25) is 0 Å². The van der Waals surface area contributed by atoms with Crippen LogP contribution in [0.3, 0.4) is 0 Å². The maximum Gasteiger partial charge on any atom is 0.305 e. The van der Waals surface area contributed by atoms with Gasteiger partial charge >= 0.3 is 5.97 Å². The summed E-state index contributed by atoms with van der Waals surface area (Å²) >= 11 is 0. The molecule has 144 valence electrons.